The molecular formula is C15H24N2O2. The van der Waals surface area contributed by atoms with Crippen molar-refractivity contribution in [3.63, 3.8) is 0 Å². The summed E-state index contributed by atoms with van der Waals surface area (Å²) in [4.78, 5) is 0. The topological polar surface area (TPSA) is 68.3 Å². The predicted octanol–water partition coefficient (Wildman–Crippen LogP) is 3.33. The third kappa shape index (κ3) is 5.20. The predicted molar refractivity (Wildman–Crippen MR) is 78.3 cm³/mol. The van der Waals surface area contributed by atoms with Crippen LogP contribution in [0.3, 0.4) is 0 Å². The van der Waals surface area contributed by atoms with Crippen LogP contribution < -0.4 is 15.2 Å². The van der Waals surface area contributed by atoms with Crippen molar-refractivity contribution in [3.8, 4) is 11.5 Å². The van der Waals surface area contributed by atoms with E-state index < -0.39 is 0 Å². The van der Waals surface area contributed by atoms with E-state index in [-0.39, 0.29) is 5.84 Å². The number of nitrogen functional groups attached to an aromatic ring is 1. The second-order valence-electron chi connectivity index (χ2n) is 4.54. The smallest absolute Gasteiger partial charge is 0.161 e. The molecule has 0 aromatic heterocycles. The van der Waals surface area contributed by atoms with E-state index in [0.717, 1.165) is 6.42 Å². The van der Waals surface area contributed by atoms with Gasteiger partial charge in [-0.1, -0.05) is 32.6 Å². The first-order chi connectivity index (χ1) is 9.19. The fourth-order valence-electron chi connectivity index (χ4n) is 1.84. The minimum Gasteiger partial charge on any atom is -0.493 e. The number of rotatable bonds is 9. The summed E-state index contributed by atoms with van der Waals surface area (Å²) in [5.74, 6) is 1.37. The van der Waals surface area contributed by atoms with Crippen molar-refractivity contribution in [1.82, 2.24) is 0 Å². The van der Waals surface area contributed by atoms with E-state index in [2.05, 4.69) is 6.92 Å². The van der Waals surface area contributed by atoms with Crippen molar-refractivity contribution >= 4 is 5.84 Å². The normalized spacial score (nSPS) is 10.2. The van der Waals surface area contributed by atoms with E-state index in [0.29, 0.717) is 23.7 Å². The molecule has 0 bridgehead atoms. The van der Waals surface area contributed by atoms with Gasteiger partial charge in [-0.3, -0.25) is 5.41 Å². The molecule has 0 unspecified atom stereocenters. The SMILES string of the molecule is CCCCCCCOc1ccc(C(=N)N)cc1OC. The Morgan fingerprint density at radius 3 is 2.53 bits per heavy atom. The van der Waals surface area contributed by atoms with E-state index in [4.69, 9.17) is 20.6 Å². The molecule has 1 aromatic rings. The maximum absolute atomic E-state index is 7.39. The summed E-state index contributed by atoms with van der Waals surface area (Å²) in [6, 6.07) is 5.31. The Bertz CT molecular complexity index is 405. The molecule has 0 atom stereocenters. The van der Waals surface area contributed by atoms with Gasteiger partial charge >= 0.3 is 0 Å². The molecular weight excluding hydrogens is 240 g/mol. The molecule has 0 saturated heterocycles. The van der Waals surface area contributed by atoms with E-state index >= 15 is 0 Å². The first-order valence-electron chi connectivity index (χ1n) is 6.84. The maximum atomic E-state index is 7.39. The molecule has 3 N–H and O–H groups in total. The van der Waals surface area contributed by atoms with Crippen molar-refractivity contribution in [3.05, 3.63) is 23.8 Å². The van der Waals surface area contributed by atoms with Crippen LogP contribution in [0, 0.1) is 5.41 Å². The lowest BCUT2D eigenvalue weighted by Gasteiger charge is -2.11. The van der Waals surface area contributed by atoms with Crippen LogP contribution in [0.1, 0.15) is 44.6 Å². The van der Waals surface area contributed by atoms with Crippen molar-refractivity contribution in [2.75, 3.05) is 13.7 Å². The molecule has 1 rings (SSSR count). The van der Waals surface area contributed by atoms with Gasteiger partial charge in [-0.15, -0.1) is 0 Å². The Morgan fingerprint density at radius 1 is 1.16 bits per heavy atom. The number of amidine groups is 1. The Kier molecular flexibility index (Phi) is 6.79. The largest absolute Gasteiger partial charge is 0.493 e. The summed E-state index contributed by atoms with van der Waals surface area (Å²) in [6.45, 7) is 2.90. The molecule has 106 valence electrons. The van der Waals surface area contributed by atoms with E-state index in [1.165, 1.54) is 25.7 Å². The summed E-state index contributed by atoms with van der Waals surface area (Å²) in [7, 11) is 1.59. The molecule has 0 spiro atoms. The second-order valence-corrected chi connectivity index (χ2v) is 4.54. The van der Waals surface area contributed by atoms with Crippen LogP contribution >= 0.6 is 0 Å². The number of methoxy groups -OCH3 is 1. The van der Waals surface area contributed by atoms with Gasteiger partial charge < -0.3 is 15.2 Å². The first kappa shape index (κ1) is 15.3. The molecule has 0 aliphatic carbocycles. The van der Waals surface area contributed by atoms with E-state index in [9.17, 15) is 0 Å². The second kappa shape index (κ2) is 8.40. The molecule has 1 aromatic carbocycles. The zero-order valence-corrected chi connectivity index (χ0v) is 11.9. The minimum atomic E-state index is 0.0319. The first-order valence-corrected chi connectivity index (χ1v) is 6.84. The molecule has 0 aliphatic rings. The van der Waals surface area contributed by atoms with Crippen LogP contribution in [-0.4, -0.2) is 19.6 Å². The number of hydrogen-bond donors (Lipinski definition) is 2. The fraction of sp³-hybridized carbons (Fsp3) is 0.533. The Hall–Kier alpha value is -1.71. The van der Waals surface area contributed by atoms with Gasteiger partial charge in [-0.2, -0.15) is 0 Å². The molecule has 0 aliphatic heterocycles. The van der Waals surface area contributed by atoms with Crippen molar-refractivity contribution < 1.29 is 9.47 Å². The van der Waals surface area contributed by atoms with Crippen molar-refractivity contribution in [2.24, 2.45) is 5.73 Å². The van der Waals surface area contributed by atoms with E-state index in [1.807, 2.05) is 6.07 Å². The van der Waals surface area contributed by atoms with Crippen molar-refractivity contribution in [1.29, 1.82) is 5.41 Å². The molecule has 4 heteroatoms. The highest BCUT2D eigenvalue weighted by Gasteiger charge is 2.07. The van der Waals surface area contributed by atoms with Crippen molar-refractivity contribution in [2.45, 2.75) is 39.0 Å². The molecule has 0 amide bonds. The van der Waals surface area contributed by atoms with Crippen LogP contribution in [0.25, 0.3) is 0 Å². The third-order valence-corrected chi connectivity index (χ3v) is 2.98. The monoisotopic (exact) mass is 264 g/mol. The van der Waals surface area contributed by atoms with Gasteiger partial charge in [0.2, 0.25) is 0 Å². The summed E-state index contributed by atoms with van der Waals surface area (Å²) < 4.78 is 11.0. The lowest BCUT2D eigenvalue weighted by atomic mass is 10.1. The van der Waals surface area contributed by atoms with Crippen LogP contribution in [0.5, 0.6) is 11.5 Å². The van der Waals surface area contributed by atoms with Gasteiger partial charge in [0.15, 0.2) is 11.5 Å². The molecule has 0 radical (unpaired) electrons. The number of nitrogens with two attached hydrogens (primary N) is 1. The Labute approximate surface area is 115 Å². The number of nitrogens with one attached hydrogen (secondary N) is 1. The summed E-state index contributed by atoms with van der Waals surface area (Å²) >= 11 is 0. The number of benzene rings is 1. The van der Waals surface area contributed by atoms with Crippen LogP contribution in [0.4, 0.5) is 0 Å². The number of unbranched alkanes of at least 4 members (excludes halogenated alkanes) is 4. The zero-order valence-electron chi connectivity index (χ0n) is 11.9. The maximum Gasteiger partial charge on any atom is 0.161 e. The lowest BCUT2D eigenvalue weighted by molar-refractivity contribution is 0.285. The van der Waals surface area contributed by atoms with E-state index in [1.54, 1.807) is 19.2 Å². The Morgan fingerprint density at radius 2 is 1.89 bits per heavy atom. The molecule has 0 fully saturated rings. The van der Waals surface area contributed by atoms with Gasteiger partial charge in [-0.25, -0.2) is 0 Å². The summed E-state index contributed by atoms with van der Waals surface area (Å²) in [6.07, 6.45) is 6.05. The number of ether oxygens (including phenoxy) is 2. The molecule has 0 heterocycles. The van der Waals surface area contributed by atoms with Crippen LogP contribution in [0.15, 0.2) is 18.2 Å². The summed E-state index contributed by atoms with van der Waals surface area (Å²) in [5.41, 5.74) is 6.09. The average Bonchev–Trinajstić information content (AvgIpc) is 2.42. The fourth-order valence-corrected chi connectivity index (χ4v) is 1.84. The van der Waals surface area contributed by atoms with Gasteiger partial charge in [0.25, 0.3) is 0 Å². The van der Waals surface area contributed by atoms with Crippen LogP contribution in [-0.2, 0) is 0 Å². The molecule has 19 heavy (non-hydrogen) atoms. The highest BCUT2D eigenvalue weighted by molar-refractivity contribution is 5.95. The quantitative estimate of drug-likeness (QED) is 0.408. The highest BCUT2D eigenvalue weighted by Crippen LogP contribution is 2.28. The lowest BCUT2D eigenvalue weighted by Crippen LogP contribution is -2.11. The average molecular weight is 264 g/mol. The minimum absolute atomic E-state index is 0.0319. The standard InChI is InChI=1S/C15H24N2O2/c1-3-4-5-6-7-10-19-13-9-8-12(15(16)17)11-14(13)18-2/h8-9,11H,3-7,10H2,1-2H3,(H3,16,17). The van der Waals surface area contributed by atoms with Crippen LogP contribution in [0.2, 0.25) is 0 Å². The van der Waals surface area contributed by atoms with Gasteiger partial charge in [0, 0.05) is 5.56 Å². The van der Waals surface area contributed by atoms with Gasteiger partial charge in [0.1, 0.15) is 5.84 Å². The zero-order chi connectivity index (χ0) is 14.1. The number of hydrogen-bond acceptors (Lipinski definition) is 3. The summed E-state index contributed by atoms with van der Waals surface area (Å²) in [5, 5.41) is 7.39. The van der Waals surface area contributed by atoms with Gasteiger partial charge in [-0.05, 0) is 24.6 Å². The van der Waals surface area contributed by atoms with Gasteiger partial charge in [0.05, 0.1) is 13.7 Å². The molecule has 4 nitrogen and oxygen atoms in total. The Balaban J connectivity index is 2.47. The molecule has 0 saturated carbocycles. The highest BCUT2D eigenvalue weighted by atomic mass is 16.5. The third-order valence-electron chi connectivity index (χ3n) is 2.98.